The molecule has 15 heavy (non-hydrogen) atoms. The van der Waals surface area contributed by atoms with Gasteiger partial charge in [0.05, 0.1) is 13.6 Å². The third kappa shape index (κ3) is 2.04. The number of unbranched alkanes of at least 4 members (excludes halogenated alkanes) is 2. The van der Waals surface area contributed by atoms with Crippen molar-refractivity contribution in [2.24, 2.45) is 7.05 Å². The lowest BCUT2D eigenvalue weighted by Crippen LogP contribution is -2.25. The number of nitrogens with zero attached hydrogens (tertiary/aromatic N) is 2. The van der Waals surface area contributed by atoms with Crippen molar-refractivity contribution in [3.63, 3.8) is 0 Å². The summed E-state index contributed by atoms with van der Waals surface area (Å²) in [7, 11) is 2.11. The van der Waals surface area contributed by atoms with Gasteiger partial charge in [0.1, 0.15) is 0 Å². The zero-order chi connectivity index (χ0) is 10.7. The number of hydrogen-bond donors (Lipinski definition) is 0. The minimum Gasteiger partial charge on any atom is -0.233 e. The van der Waals surface area contributed by atoms with Crippen molar-refractivity contribution in [1.82, 2.24) is 4.57 Å². The normalized spacial score (nSPS) is 11.1. The molecule has 2 aromatic rings. The average molecular weight is 203 g/mol. The Kier molecular flexibility index (Phi) is 3.05. The number of benzene rings is 1. The number of aromatic nitrogens is 2. The van der Waals surface area contributed by atoms with Gasteiger partial charge in [-0.15, -0.1) is 0 Å². The molecule has 80 valence electrons. The topological polar surface area (TPSA) is 8.81 Å². The van der Waals surface area contributed by atoms with Crippen molar-refractivity contribution in [2.45, 2.75) is 32.7 Å². The average Bonchev–Trinajstić information content (AvgIpc) is 2.58. The highest BCUT2D eigenvalue weighted by Crippen LogP contribution is 2.11. The van der Waals surface area contributed by atoms with Crippen molar-refractivity contribution in [1.29, 1.82) is 0 Å². The molecular formula is C13H19N2+. The van der Waals surface area contributed by atoms with Crippen molar-refractivity contribution >= 4 is 11.0 Å². The molecule has 0 spiro atoms. The second-order valence-corrected chi connectivity index (χ2v) is 4.12. The Morgan fingerprint density at radius 1 is 1.20 bits per heavy atom. The van der Waals surface area contributed by atoms with Crippen molar-refractivity contribution in [3.05, 3.63) is 30.6 Å². The lowest BCUT2D eigenvalue weighted by atomic mass is 10.2. The number of imidazole rings is 1. The van der Waals surface area contributed by atoms with Gasteiger partial charge in [-0.05, 0) is 25.0 Å². The van der Waals surface area contributed by atoms with Gasteiger partial charge < -0.3 is 0 Å². The molecule has 0 saturated carbocycles. The number of rotatable bonds is 4. The van der Waals surface area contributed by atoms with Gasteiger partial charge in [0, 0.05) is 0 Å². The highest BCUT2D eigenvalue weighted by atomic mass is 15.1. The van der Waals surface area contributed by atoms with Crippen LogP contribution in [0.4, 0.5) is 0 Å². The predicted molar refractivity (Wildman–Crippen MR) is 62.6 cm³/mol. The van der Waals surface area contributed by atoms with Crippen LogP contribution in [0, 0.1) is 0 Å². The van der Waals surface area contributed by atoms with E-state index in [-0.39, 0.29) is 0 Å². The van der Waals surface area contributed by atoms with E-state index in [1.54, 1.807) is 0 Å². The molecule has 0 saturated heterocycles. The van der Waals surface area contributed by atoms with E-state index in [9.17, 15) is 0 Å². The minimum atomic E-state index is 1.13. The van der Waals surface area contributed by atoms with Crippen LogP contribution in [0.3, 0.4) is 0 Å². The molecule has 0 aliphatic carbocycles. The van der Waals surface area contributed by atoms with Gasteiger partial charge in [-0.3, -0.25) is 0 Å². The SMILES string of the molecule is CCCCCn1c[n+](C)c2ccccc21. The number of hydrogen-bond acceptors (Lipinski definition) is 0. The molecule has 2 heteroatoms. The summed E-state index contributed by atoms with van der Waals surface area (Å²) in [5.41, 5.74) is 2.66. The Morgan fingerprint density at radius 2 is 2.00 bits per heavy atom. The van der Waals surface area contributed by atoms with Crippen LogP contribution in [0.2, 0.25) is 0 Å². The second-order valence-electron chi connectivity index (χ2n) is 4.12. The first-order valence-electron chi connectivity index (χ1n) is 5.76. The first kappa shape index (κ1) is 10.2. The predicted octanol–water partition coefficient (Wildman–Crippen LogP) is 2.66. The van der Waals surface area contributed by atoms with Gasteiger partial charge >= 0.3 is 0 Å². The quantitative estimate of drug-likeness (QED) is 0.533. The van der Waals surface area contributed by atoms with E-state index in [1.807, 2.05) is 0 Å². The van der Waals surface area contributed by atoms with E-state index in [1.165, 1.54) is 30.3 Å². The fourth-order valence-corrected chi connectivity index (χ4v) is 2.05. The first-order valence-corrected chi connectivity index (χ1v) is 5.76. The Bertz CT molecular complexity index is 443. The lowest BCUT2D eigenvalue weighted by molar-refractivity contribution is -0.645. The molecule has 0 radical (unpaired) electrons. The zero-order valence-electron chi connectivity index (χ0n) is 9.61. The zero-order valence-corrected chi connectivity index (χ0v) is 9.61. The van der Waals surface area contributed by atoms with Crippen LogP contribution in [0.25, 0.3) is 11.0 Å². The molecule has 0 bridgehead atoms. The molecule has 0 aliphatic rings. The van der Waals surface area contributed by atoms with Crippen LogP contribution in [0.1, 0.15) is 26.2 Å². The lowest BCUT2D eigenvalue weighted by Gasteiger charge is -1.96. The van der Waals surface area contributed by atoms with E-state index in [4.69, 9.17) is 0 Å². The molecule has 0 N–H and O–H groups in total. The standard InChI is InChI=1S/C13H19N2/c1-3-4-7-10-15-11-14(2)12-8-5-6-9-13(12)15/h5-6,8-9,11H,3-4,7,10H2,1-2H3/q+1. The fourth-order valence-electron chi connectivity index (χ4n) is 2.05. The maximum absolute atomic E-state index is 2.35. The number of para-hydroxylation sites is 2. The molecule has 1 aromatic heterocycles. The molecule has 0 unspecified atom stereocenters. The van der Waals surface area contributed by atoms with Gasteiger partial charge in [-0.2, -0.15) is 0 Å². The summed E-state index contributed by atoms with van der Waals surface area (Å²) in [4.78, 5) is 0. The molecule has 0 amide bonds. The summed E-state index contributed by atoms with van der Waals surface area (Å²) in [6, 6.07) is 8.57. The van der Waals surface area contributed by atoms with Gasteiger partial charge in [-0.25, -0.2) is 9.13 Å². The molecule has 2 rings (SSSR count). The number of aryl methyl sites for hydroxylation is 2. The third-order valence-corrected chi connectivity index (χ3v) is 2.89. The van der Waals surface area contributed by atoms with Gasteiger partial charge in [-0.1, -0.05) is 25.5 Å². The van der Waals surface area contributed by atoms with Crippen molar-refractivity contribution < 1.29 is 4.57 Å². The Balaban J connectivity index is 2.27. The van der Waals surface area contributed by atoms with E-state index in [2.05, 4.69) is 53.7 Å². The maximum Gasteiger partial charge on any atom is 0.244 e. The fraction of sp³-hybridized carbons (Fsp3) is 0.462. The molecule has 2 nitrogen and oxygen atoms in total. The second kappa shape index (κ2) is 4.47. The van der Waals surface area contributed by atoms with Crippen molar-refractivity contribution in [3.8, 4) is 0 Å². The Hall–Kier alpha value is -1.31. The summed E-state index contributed by atoms with van der Waals surface area (Å²) in [6.45, 7) is 3.38. The van der Waals surface area contributed by atoms with E-state index >= 15 is 0 Å². The molecule has 1 aromatic carbocycles. The van der Waals surface area contributed by atoms with Gasteiger partial charge in [0.2, 0.25) is 6.33 Å². The molecular weight excluding hydrogens is 184 g/mol. The van der Waals surface area contributed by atoms with Crippen LogP contribution < -0.4 is 4.57 Å². The summed E-state index contributed by atoms with van der Waals surface area (Å²) >= 11 is 0. The summed E-state index contributed by atoms with van der Waals surface area (Å²) < 4.78 is 4.55. The van der Waals surface area contributed by atoms with Crippen molar-refractivity contribution in [2.75, 3.05) is 0 Å². The smallest absolute Gasteiger partial charge is 0.233 e. The van der Waals surface area contributed by atoms with Crippen LogP contribution in [0.5, 0.6) is 0 Å². The Labute approximate surface area is 91.2 Å². The van der Waals surface area contributed by atoms with Gasteiger partial charge in [0.15, 0.2) is 11.0 Å². The third-order valence-electron chi connectivity index (χ3n) is 2.89. The van der Waals surface area contributed by atoms with Crippen LogP contribution >= 0.6 is 0 Å². The Morgan fingerprint density at radius 3 is 2.80 bits per heavy atom. The summed E-state index contributed by atoms with van der Waals surface area (Å²) in [5.74, 6) is 0. The largest absolute Gasteiger partial charge is 0.244 e. The van der Waals surface area contributed by atoms with Crippen LogP contribution in [-0.4, -0.2) is 4.57 Å². The van der Waals surface area contributed by atoms with Gasteiger partial charge in [0.25, 0.3) is 0 Å². The number of fused-ring (bicyclic) bond motifs is 1. The van der Waals surface area contributed by atoms with Crippen LogP contribution in [-0.2, 0) is 13.6 Å². The maximum atomic E-state index is 2.35. The first-order chi connectivity index (χ1) is 7.33. The van der Waals surface area contributed by atoms with Crippen LogP contribution in [0.15, 0.2) is 30.6 Å². The minimum absolute atomic E-state index is 1.13. The van der Waals surface area contributed by atoms with E-state index in [0.717, 1.165) is 6.54 Å². The monoisotopic (exact) mass is 203 g/mol. The summed E-state index contributed by atoms with van der Waals surface area (Å²) in [6.07, 6.45) is 6.07. The van der Waals surface area contributed by atoms with E-state index < -0.39 is 0 Å². The summed E-state index contributed by atoms with van der Waals surface area (Å²) in [5, 5.41) is 0. The highest BCUT2D eigenvalue weighted by molar-refractivity contribution is 5.71. The highest BCUT2D eigenvalue weighted by Gasteiger charge is 2.10. The molecule has 0 aliphatic heterocycles. The molecule has 0 fully saturated rings. The molecule has 0 atom stereocenters. The van der Waals surface area contributed by atoms with E-state index in [0.29, 0.717) is 0 Å². The molecule has 1 heterocycles.